The number of nitrogens with zero attached hydrogens (tertiary/aromatic N) is 1. The molecule has 0 aliphatic heterocycles. The zero-order valence-corrected chi connectivity index (χ0v) is 15.2. The first-order valence-electron chi connectivity index (χ1n) is 7.80. The van der Waals surface area contributed by atoms with E-state index in [0.29, 0.717) is 36.9 Å². The molecule has 2 rings (SSSR count). The van der Waals surface area contributed by atoms with E-state index in [2.05, 4.69) is 5.32 Å². The van der Waals surface area contributed by atoms with Gasteiger partial charge in [-0.2, -0.15) is 0 Å². The minimum Gasteiger partial charge on any atom is -0.383 e. The molecule has 7 nitrogen and oxygen atoms in total. The molecule has 3 N–H and O–H groups in total. The summed E-state index contributed by atoms with van der Waals surface area (Å²) < 4.78 is 21.8. The van der Waals surface area contributed by atoms with Crippen LogP contribution in [0.2, 0.25) is 0 Å². The molecule has 0 saturated carbocycles. The maximum Gasteiger partial charge on any atom is 0.322 e. The number of methoxy groups -OCH3 is 2. The number of nitrogens with one attached hydrogen (secondary N) is 1. The molecule has 0 bridgehead atoms. The van der Waals surface area contributed by atoms with Crippen LogP contribution >= 0.6 is 0 Å². The highest BCUT2D eigenvalue weighted by molar-refractivity contribution is 7.83. The largest absolute Gasteiger partial charge is 0.383 e. The van der Waals surface area contributed by atoms with Crippen LogP contribution in [0, 0.1) is 0 Å². The highest BCUT2D eigenvalue weighted by atomic mass is 32.2. The third-order valence-electron chi connectivity index (χ3n) is 3.76. The number of carbonyl (C=O) groups is 1. The van der Waals surface area contributed by atoms with E-state index < -0.39 is 11.0 Å². The minimum atomic E-state index is -1.60. The Balaban J connectivity index is 2.27. The lowest BCUT2D eigenvalue weighted by atomic mass is 10.1. The van der Waals surface area contributed by atoms with Crippen LogP contribution < -0.4 is 10.5 Å². The van der Waals surface area contributed by atoms with E-state index in [9.17, 15) is 9.00 Å². The number of hydrogen-bond donors (Lipinski definition) is 2. The van der Waals surface area contributed by atoms with Gasteiger partial charge in [0.1, 0.15) is 11.0 Å². The number of benzene rings is 2. The Morgan fingerprint density at radius 3 is 2.28 bits per heavy atom. The van der Waals surface area contributed by atoms with Gasteiger partial charge in [-0.05, 0) is 12.1 Å². The van der Waals surface area contributed by atoms with E-state index >= 15 is 0 Å². The van der Waals surface area contributed by atoms with Crippen LogP contribution in [-0.2, 0) is 20.5 Å². The summed E-state index contributed by atoms with van der Waals surface area (Å²) in [6, 6.07) is 10.5. The summed E-state index contributed by atoms with van der Waals surface area (Å²) in [5.74, 6) is 0. The van der Waals surface area contributed by atoms with E-state index in [0.717, 1.165) is 10.8 Å². The predicted molar refractivity (Wildman–Crippen MR) is 98.9 cm³/mol. The van der Waals surface area contributed by atoms with Crippen molar-refractivity contribution in [1.82, 2.24) is 4.90 Å². The van der Waals surface area contributed by atoms with Crippen molar-refractivity contribution in [1.29, 1.82) is 0 Å². The number of anilines is 1. The topological polar surface area (TPSA) is 93.9 Å². The lowest BCUT2D eigenvalue weighted by molar-refractivity contribution is 0.127. The molecule has 1 unspecified atom stereocenters. The van der Waals surface area contributed by atoms with Gasteiger partial charge < -0.3 is 19.7 Å². The molecular formula is C17H23N3O4S. The molecule has 2 aromatic carbocycles. The van der Waals surface area contributed by atoms with E-state index in [1.54, 1.807) is 43.4 Å². The van der Waals surface area contributed by atoms with Gasteiger partial charge >= 0.3 is 6.03 Å². The molecule has 0 radical (unpaired) electrons. The quantitative estimate of drug-likeness (QED) is 0.748. The van der Waals surface area contributed by atoms with Crippen LogP contribution in [0.25, 0.3) is 10.8 Å². The first-order chi connectivity index (χ1) is 12.1. The number of carbonyl (C=O) groups excluding carboxylic acids is 1. The molecule has 0 aromatic heterocycles. The number of rotatable bonds is 8. The summed E-state index contributed by atoms with van der Waals surface area (Å²) >= 11 is 0. The van der Waals surface area contributed by atoms with Crippen molar-refractivity contribution >= 4 is 33.5 Å². The van der Waals surface area contributed by atoms with Gasteiger partial charge in [-0.3, -0.25) is 0 Å². The van der Waals surface area contributed by atoms with E-state index in [-0.39, 0.29) is 6.03 Å². The highest BCUT2D eigenvalue weighted by Gasteiger charge is 2.15. The van der Waals surface area contributed by atoms with Crippen LogP contribution in [0.5, 0.6) is 0 Å². The van der Waals surface area contributed by atoms with Crippen molar-refractivity contribution in [2.75, 3.05) is 45.8 Å². The normalized spacial score (nSPS) is 12.1. The molecule has 8 heteroatoms. The minimum absolute atomic E-state index is 0.249. The zero-order valence-electron chi connectivity index (χ0n) is 14.4. The predicted octanol–water partition coefficient (Wildman–Crippen LogP) is 1.95. The van der Waals surface area contributed by atoms with Crippen molar-refractivity contribution in [3.05, 3.63) is 36.4 Å². The Labute approximate surface area is 149 Å². The van der Waals surface area contributed by atoms with Crippen LogP contribution in [0.3, 0.4) is 0 Å². The second-order valence-corrected chi connectivity index (χ2v) is 6.39. The molecule has 0 heterocycles. The summed E-state index contributed by atoms with van der Waals surface area (Å²) in [6.07, 6.45) is 0. The molecule has 2 aromatic rings. The molecule has 0 saturated heterocycles. The molecule has 1 atom stereocenters. The molecule has 0 spiro atoms. The average molecular weight is 365 g/mol. The first kappa shape index (κ1) is 19.3. The smallest absolute Gasteiger partial charge is 0.322 e. The maximum absolute atomic E-state index is 12.6. The lowest BCUT2D eigenvalue weighted by Gasteiger charge is -2.23. The highest BCUT2D eigenvalue weighted by Crippen LogP contribution is 2.27. The fourth-order valence-electron chi connectivity index (χ4n) is 2.48. The standard InChI is InChI=1S/C17H23N3O4S/c1-23-11-9-20(10-12-24-2)17(21)19-15-7-3-6-14-13(15)5-4-8-16(14)25(18)22/h3-8H,9-12,18H2,1-2H3,(H,19,21). The number of urea groups is 1. The number of amides is 2. The third-order valence-corrected chi connectivity index (χ3v) is 4.55. The van der Waals surface area contributed by atoms with Crippen molar-refractivity contribution in [3.63, 3.8) is 0 Å². The summed E-state index contributed by atoms with van der Waals surface area (Å²) in [4.78, 5) is 14.8. The molecular weight excluding hydrogens is 342 g/mol. The lowest BCUT2D eigenvalue weighted by Crippen LogP contribution is -2.39. The molecule has 2 amide bonds. The van der Waals surface area contributed by atoms with Crippen LogP contribution in [0.4, 0.5) is 10.5 Å². The van der Waals surface area contributed by atoms with Gasteiger partial charge in [0.25, 0.3) is 0 Å². The van der Waals surface area contributed by atoms with Crippen LogP contribution in [-0.4, -0.2) is 55.7 Å². The maximum atomic E-state index is 12.6. The average Bonchev–Trinajstić information content (AvgIpc) is 2.61. The van der Waals surface area contributed by atoms with Crippen LogP contribution in [0.15, 0.2) is 41.3 Å². The Hall–Kier alpha value is -2.00. The van der Waals surface area contributed by atoms with E-state index in [4.69, 9.17) is 14.6 Å². The Bertz CT molecular complexity index is 746. The van der Waals surface area contributed by atoms with Gasteiger partial charge in [0.05, 0.1) is 23.8 Å². The number of ether oxygens (including phenoxy) is 2. The molecule has 0 aliphatic carbocycles. The third kappa shape index (κ3) is 4.99. The summed E-state index contributed by atoms with van der Waals surface area (Å²) in [7, 11) is 1.58. The Kier molecular flexibility index (Phi) is 7.32. The molecule has 25 heavy (non-hydrogen) atoms. The molecule has 0 fully saturated rings. The molecule has 0 aliphatic rings. The summed E-state index contributed by atoms with van der Waals surface area (Å²) in [5, 5.41) is 9.98. The van der Waals surface area contributed by atoms with Gasteiger partial charge in [-0.1, -0.05) is 24.3 Å². The van der Waals surface area contributed by atoms with Crippen LogP contribution in [0.1, 0.15) is 0 Å². The SMILES string of the molecule is COCCN(CCOC)C(=O)Nc1cccc2c(S(N)=O)cccc12. The zero-order chi connectivity index (χ0) is 18.2. The number of nitrogens with two attached hydrogens (primary N) is 1. The fourth-order valence-corrected chi connectivity index (χ4v) is 3.09. The second-order valence-electron chi connectivity index (χ2n) is 5.36. The van der Waals surface area contributed by atoms with Crippen molar-refractivity contribution < 1.29 is 18.5 Å². The van der Waals surface area contributed by atoms with Gasteiger partial charge in [0.2, 0.25) is 0 Å². The van der Waals surface area contributed by atoms with Crippen molar-refractivity contribution in [2.24, 2.45) is 5.14 Å². The summed E-state index contributed by atoms with van der Waals surface area (Å²) in [5.41, 5.74) is 0.634. The number of hydrogen-bond acceptors (Lipinski definition) is 4. The van der Waals surface area contributed by atoms with Gasteiger partial charge in [-0.15, -0.1) is 0 Å². The van der Waals surface area contributed by atoms with E-state index in [1.807, 2.05) is 12.1 Å². The van der Waals surface area contributed by atoms with Gasteiger partial charge in [0, 0.05) is 38.1 Å². The monoisotopic (exact) mass is 365 g/mol. The number of fused-ring (bicyclic) bond motifs is 1. The fraction of sp³-hybridized carbons (Fsp3) is 0.353. The second kappa shape index (κ2) is 9.47. The first-order valence-corrected chi connectivity index (χ1v) is 9.01. The Morgan fingerprint density at radius 2 is 1.68 bits per heavy atom. The van der Waals surface area contributed by atoms with E-state index in [1.165, 1.54) is 0 Å². The van der Waals surface area contributed by atoms with Gasteiger partial charge in [0.15, 0.2) is 0 Å². The van der Waals surface area contributed by atoms with Crippen molar-refractivity contribution in [3.8, 4) is 0 Å². The van der Waals surface area contributed by atoms with Crippen molar-refractivity contribution in [2.45, 2.75) is 4.90 Å². The molecule has 136 valence electrons. The Morgan fingerprint density at radius 1 is 1.08 bits per heavy atom. The summed E-state index contributed by atoms with van der Waals surface area (Å²) in [6.45, 7) is 1.77. The van der Waals surface area contributed by atoms with Gasteiger partial charge in [-0.25, -0.2) is 14.1 Å².